The molecule has 0 saturated heterocycles. The van der Waals surface area contributed by atoms with Gasteiger partial charge in [-0.3, -0.25) is 0 Å². The summed E-state index contributed by atoms with van der Waals surface area (Å²) in [6.45, 7) is 6.44. The summed E-state index contributed by atoms with van der Waals surface area (Å²) in [5.41, 5.74) is 5.30. The number of sulfonamides is 1. The molecule has 0 aliphatic rings. The Bertz CT molecular complexity index is 588. The smallest absolute Gasteiger partial charge is 0.243 e. The van der Waals surface area contributed by atoms with Gasteiger partial charge in [0.25, 0.3) is 0 Å². The highest BCUT2D eigenvalue weighted by molar-refractivity contribution is 7.89. The van der Waals surface area contributed by atoms with E-state index in [9.17, 15) is 12.8 Å². The van der Waals surface area contributed by atoms with Crippen LogP contribution in [0.5, 0.6) is 5.75 Å². The predicted molar refractivity (Wildman–Crippen MR) is 80.2 cm³/mol. The third-order valence-corrected chi connectivity index (χ3v) is 5.19. The molecule has 1 rings (SSSR count). The van der Waals surface area contributed by atoms with Crippen LogP contribution in [0.15, 0.2) is 23.1 Å². The predicted octanol–water partition coefficient (Wildman–Crippen LogP) is 1.83. The first kappa shape index (κ1) is 17.9. The van der Waals surface area contributed by atoms with Crippen LogP contribution in [-0.4, -0.2) is 39.5 Å². The lowest BCUT2D eigenvalue weighted by Gasteiger charge is -2.30. The van der Waals surface area contributed by atoms with Gasteiger partial charge in [-0.1, -0.05) is 20.8 Å². The molecule has 0 radical (unpaired) electrons. The van der Waals surface area contributed by atoms with Gasteiger partial charge in [0, 0.05) is 13.1 Å². The van der Waals surface area contributed by atoms with Gasteiger partial charge in [-0.2, -0.15) is 4.31 Å². The van der Waals surface area contributed by atoms with Crippen molar-refractivity contribution in [2.24, 2.45) is 11.1 Å². The molecule has 0 aliphatic carbocycles. The Morgan fingerprint density at radius 3 is 2.43 bits per heavy atom. The Balaban J connectivity index is 3.16. The minimum Gasteiger partial charge on any atom is -0.494 e. The second kappa shape index (κ2) is 6.72. The van der Waals surface area contributed by atoms with E-state index in [0.717, 1.165) is 6.07 Å². The van der Waals surface area contributed by atoms with E-state index in [4.69, 9.17) is 10.5 Å². The highest BCUT2D eigenvalue weighted by Gasteiger charge is 2.29. The molecule has 7 heteroatoms. The average molecular weight is 318 g/mol. The van der Waals surface area contributed by atoms with E-state index in [-0.39, 0.29) is 22.6 Å². The van der Waals surface area contributed by atoms with E-state index in [1.165, 1.54) is 23.5 Å². The number of nitrogens with two attached hydrogens (primary N) is 1. The van der Waals surface area contributed by atoms with Crippen molar-refractivity contribution < 1.29 is 17.5 Å². The van der Waals surface area contributed by atoms with Gasteiger partial charge in [0.2, 0.25) is 10.0 Å². The minimum absolute atomic E-state index is 0.0132. The SMILES string of the molecule is CCN(CC(C)(C)CN)S(=O)(=O)c1ccc(OC)c(F)c1. The molecule has 0 fully saturated rings. The summed E-state index contributed by atoms with van der Waals surface area (Å²) >= 11 is 0. The van der Waals surface area contributed by atoms with Gasteiger partial charge in [-0.05, 0) is 30.2 Å². The maximum atomic E-state index is 13.7. The van der Waals surface area contributed by atoms with Crippen LogP contribution in [0.4, 0.5) is 4.39 Å². The zero-order valence-corrected chi connectivity index (χ0v) is 13.7. The van der Waals surface area contributed by atoms with Crippen LogP contribution < -0.4 is 10.5 Å². The van der Waals surface area contributed by atoms with Crippen molar-refractivity contribution in [1.82, 2.24) is 4.31 Å². The first-order valence-electron chi connectivity index (χ1n) is 6.71. The fourth-order valence-electron chi connectivity index (χ4n) is 1.87. The van der Waals surface area contributed by atoms with E-state index in [0.29, 0.717) is 13.1 Å². The summed E-state index contributed by atoms with van der Waals surface area (Å²) in [7, 11) is -2.43. The lowest BCUT2D eigenvalue weighted by atomic mass is 9.94. The summed E-state index contributed by atoms with van der Waals surface area (Å²) in [6, 6.07) is 3.63. The van der Waals surface area contributed by atoms with Crippen molar-refractivity contribution in [2.75, 3.05) is 26.7 Å². The summed E-state index contributed by atoms with van der Waals surface area (Å²) in [5, 5.41) is 0. The van der Waals surface area contributed by atoms with Crippen molar-refractivity contribution in [1.29, 1.82) is 0 Å². The van der Waals surface area contributed by atoms with Crippen LogP contribution in [0, 0.1) is 11.2 Å². The van der Waals surface area contributed by atoms with E-state index >= 15 is 0 Å². The molecule has 0 unspecified atom stereocenters. The number of hydrogen-bond acceptors (Lipinski definition) is 4. The monoisotopic (exact) mass is 318 g/mol. The van der Waals surface area contributed by atoms with Gasteiger partial charge in [-0.25, -0.2) is 12.8 Å². The summed E-state index contributed by atoms with van der Waals surface area (Å²) < 4.78 is 45.0. The number of methoxy groups -OCH3 is 1. The van der Waals surface area contributed by atoms with E-state index in [1.54, 1.807) is 6.92 Å². The Labute approximate surface area is 125 Å². The number of hydrogen-bond donors (Lipinski definition) is 1. The molecular weight excluding hydrogens is 295 g/mol. The topological polar surface area (TPSA) is 72.6 Å². The molecule has 0 aliphatic heterocycles. The molecule has 0 spiro atoms. The first-order chi connectivity index (χ1) is 9.67. The molecule has 0 saturated carbocycles. The molecule has 0 bridgehead atoms. The van der Waals surface area contributed by atoms with Gasteiger partial charge < -0.3 is 10.5 Å². The Hall–Kier alpha value is -1.18. The van der Waals surface area contributed by atoms with Crippen molar-refractivity contribution in [3.8, 4) is 5.75 Å². The number of benzene rings is 1. The Morgan fingerprint density at radius 2 is 2.00 bits per heavy atom. The van der Waals surface area contributed by atoms with Crippen molar-refractivity contribution >= 4 is 10.0 Å². The normalized spacial score (nSPS) is 12.7. The fourth-order valence-corrected chi connectivity index (χ4v) is 3.52. The average Bonchev–Trinajstić information content (AvgIpc) is 2.44. The highest BCUT2D eigenvalue weighted by Crippen LogP contribution is 2.25. The van der Waals surface area contributed by atoms with Crippen LogP contribution in [0.2, 0.25) is 0 Å². The van der Waals surface area contributed by atoms with E-state index in [1.807, 2.05) is 13.8 Å². The maximum absolute atomic E-state index is 13.7. The Kier molecular flexibility index (Phi) is 5.72. The molecular formula is C14H23FN2O3S. The summed E-state index contributed by atoms with van der Waals surface area (Å²) in [5.74, 6) is -0.688. The number of ether oxygens (including phenoxy) is 1. The zero-order valence-electron chi connectivity index (χ0n) is 12.9. The van der Waals surface area contributed by atoms with Gasteiger partial charge >= 0.3 is 0 Å². The first-order valence-corrected chi connectivity index (χ1v) is 8.15. The van der Waals surface area contributed by atoms with Gasteiger partial charge in [0.15, 0.2) is 11.6 Å². The molecule has 21 heavy (non-hydrogen) atoms. The van der Waals surface area contributed by atoms with Crippen molar-refractivity contribution in [2.45, 2.75) is 25.7 Å². The quantitative estimate of drug-likeness (QED) is 0.832. The standard InChI is InChI=1S/C14H23FN2O3S/c1-5-17(10-14(2,3)9-16)21(18,19)11-6-7-13(20-4)12(15)8-11/h6-8H,5,9-10,16H2,1-4H3. The van der Waals surface area contributed by atoms with E-state index < -0.39 is 15.8 Å². The maximum Gasteiger partial charge on any atom is 0.243 e. The summed E-state index contributed by atoms with van der Waals surface area (Å²) in [6.07, 6.45) is 0. The molecule has 1 aromatic rings. The Morgan fingerprint density at radius 1 is 1.38 bits per heavy atom. The third-order valence-electron chi connectivity index (χ3n) is 3.27. The van der Waals surface area contributed by atoms with Gasteiger partial charge in [-0.15, -0.1) is 0 Å². The number of halogens is 1. The van der Waals surface area contributed by atoms with Crippen molar-refractivity contribution in [3.05, 3.63) is 24.0 Å². The zero-order chi connectivity index (χ0) is 16.3. The van der Waals surface area contributed by atoms with Crippen LogP contribution in [0.25, 0.3) is 0 Å². The molecule has 0 atom stereocenters. The van der Waals surface area contributed by atoms with Crippen LogP contribution in [0.3, 0.4) is 0 Å². The van der Waals surface area contributed by atoms with Crippen molar-refractivity contribution in [3.63, 3.8) is 0 Å². The highest BCUT2D eigenvalue weighted by atomic mass is 32.2. The molecule has 120 valence electrons. The number of nitrogens with zero attached hydrogens (tertiary/aromatic N) is 1. The third kappa shape index (κ3) is 4.15. The van der Waals surface area contributed by atoms with E-state index in [2.05, 4.69) is 0 Å². The minimum atomic E-state index is -3.76. The number of rotatable bonds is 7. The molecule has 0 heterocycles. The molecule has 0 aromatic heterocycles. The van der Waals surface area contributed by atoms with Crippen LogP contribution in [-0.2, 0) is 10.0 Å². The van der Waals surface area contributed by atoms with Gasteiger partial charge in [0.1, 0.15) is 0 Å². The summed E-state index contributed by atoms with van der Waals surface area (Å²) in [4.78, 5) is -0.0875. The molecule has 0 amide bonds. The largest absolute Gasteiger partial charge is 0.494 e. The lowest BCUT2D eigenvalue weighted by Crippen LogP contribution is -2.41. The lowest BCUT2D eigenvalue weighted by molar-refractivity contribution is 0.273. The second-order valence-corrected chi connectivity index (χ2v) is 7.53. The van der Waals surface area contributed by atoms with Gasteiger partial charge in [0.05, 0.1) is 12.0 Å². The molecule has 2 N–H and O–H groups in total. The fraction of sp³-hybridized carbons (Fsp3) is 0.571. The molecule has 5 nitrogen and oxygen atoms in total. The van der Waals surface area contributed by atoms with Crippen LogP contribution >= 0.6 is 0 Å². The molecule has 1 aromatic carbocycles. The second-order valence-electron chi connectivity index (χ2n) is 5.60. The van der Waals surface area contributed by atoms with Crippen LogP contribution in [0.1, 0.15) is 20.8 Å².